The molecule has 0 fully saturated rings. The number of rotatable bonds is 3. The molecule has 1 aliphatic rings. The smallest absolute Gasteiger partial charge is 0.265 e. The van der Waals surface area contributed by atoms with Crippen LogP contribution in [0.25, 0.3) is 0 Å². The SMILES string of the molecule is CN1CCOc2ccc(NS(=O)(=O)c3cnn(C)c3)cc2C1=O. The second kappa shape index (κ2) is 5.58. The number of aromatic nitrogens is 2. The van der Waals surface area contributed by atoms with Crippen LogP contribution >= 0.6 is 0 Å². The Morgan fingerprint density at radius 2 is 2.09 bits per heavy atom. The summed E-state index contributed by atoms with van der Waals surface area (Å²) in [5.41, 5.74) is 0.622. The summed E-state index contributed by atoms with van der Waals surface area (Å²) < 4.78 is 34.0. The molecule has 0 saturated heterocycles. The van der Waals surface area contributed by atoms with Crippen molar-refractivity contribution in [2.75, 3.05) is 24.9 Å². The highest BCUT2D eigenvalue weighted by molar-refractivity contribution is 7.92. The molecule has 0 atom stereocenters. The Hall–Kier alpha value is -2.55. The third-order valence-electron chi connectivity index (χ3n) is 3.48. The Morgan fingerprint density at radius 3 is 2.78 bits per heavy atom. The third-order valence-corrected chi connectivity index (χ3v) is 4.82. The second-order valence-electron chi connectivity index (χ2n) is 5.24. The predicted molar refractivity (Wildman–Crippen MR) is 82.9 cm³/mol. The fourth-order valence-electron chi connectivity index (χ4n) is 2.24. The van der Waals surface area contributed by atoms with Gasteiger partial charge in [0.25, 0.3) is 15.9 Å². The van der Waals surface area contributed by atoms with E-state index in [1.165, 1.54) is 28.0 Å². The lowest BCUT2D eigenvalue weighted by atomic mass is 10.1. The lowest BCUT2D eigenvalue weighted by molar-refractivity contribution is 0.0797. The Balaban J connectivity index is 1.93. The van der Waals surface area contributed by atoms with Gasteiger partial charge in [0.05, 0.1) is 18.3 Å². The van der Waals surface area contributed by atoms with E-state index in [2.05, 4.69) is 9.82 Å². The summed E-state index contributed by atoms with van der Waals surface area (Å²) in [5.74, 6) is 0.239. The number of carbonyl (C=O) groups excluding carboxylic acids is 1. The first-order valence-corrected chi connectivity index (χ1v) is 8.39. The molecule has 9 heteroatoms. The zero-order valence-electron chi connectivity index (χ0n) is 12.7. The van der Waals surface area contributed by atoms with Crippen molar-refractivity contribution in [3.8, 4) is 5.75 Å². The summed E-state index contributed by atoms with van der Waals surface area (Å²) in [6.07, 6.45) is 2.65. The number of nitrogens with one attached hydrogen (secondary N) is 1. The van der Waals surface area contributed by atoms with Gasteiger partial charge in [0, 0.05) is 26.0 Å². The Morgan fingerprint density at radius 1 is 1.30 bits per heavy atom. The number of ether oxygens (including phenoxy) is 1. The maximum Gasteiger partial charge on any atom is 0.265 e. The topological polar surface area (TPSA) is 93.5 Å². The van der Waals surface area contributed by atoms with Gasteiger partial charge in [-0.1, -0.05) is 0 Å². The average molecular weight is 336 g/mol. The highest BCUT2D eigenvalue weighted by Gasteiger charge is 2.23. The van der Waals surface area contributed by atoms with Gasteiger partial charge in [-0.25, -0.2) is 8.42 Å². The number of aryl methyl sites for hydroxylation is 1. The summed E-state index contributed by atoms with van der Waals surface area (Å²) in [4.78, 5) is 13.9. The molecule has 8 nitrogen and oxygen atoms in total. The van der Waals surface area contributed by atoms with Crippen LogP contribution < -0.4 is 9.46 Å². The molecule has 23 heavy (non-hydrogen) atoms. The third kappa shape index (κ3) is 3.00. The minimum atomic E-state index is -3.76. The van der Waals surface area contributed by atoms with Crippen LogP contribution in [-0.2, 0) is 17.1 Å². The standard InChI is InChI=1S/C14H16N4O4S/c1-17-5-6-22-13-4-3-10(7-12(13)14(17)19)16-23(20,21)11-8-15-18(2)9-11/h3-4,7-9,16H,5-6H2,1-2H3. The van der Waals surface area contributed by atoms with Crippen LogP contribution in [0.2, 0.25) is 0 Å². The molecular weight excluding hydrogens is 320 g/mol. The van der Waals surface area contributed by atoms with Gasteiger partial charge in [0.2, 0.25) is 0 Å². The number of nitrogens with zero attached hydrogens (tertiary/aromatic N) is 3. The average Bonchev–Trinajstić information content (AvgIpc) is 2.89. The van der Waals surface area contributed by atoms with Crippen LogP contribution in [0.1, 0.15) is 10.4 Å². The number of fused-ring (bicyclic) bond motifs is 1. The zero-order chi connectivity index (χ0) is 16.6. The number of benzene rings is 1. The van der Waals surface area contributed by atoms with Crippen molar-refractivity contribution in [1.82, 2.24) is 14.7 Å². The Kier molecular flexibility index (Phi) is 3.72. The molecule has 3 rings (SSSR count). The first-order valence-electron chi connectivity index (χ1n) is 6.90. The minimum Gasteiger partial charge on any atom is -0.491 e. The van der Waals surface area contributed by atoms with Crippen molar-refractivity contribution in [2.24, 2.45) is 7.05 Å². The molecule has 0 unspecified atom stereocenters. The van der Waals surface area contributed by atoms with E-state index in [4.69, 9.17) is 4.74 Å². The molecule has 2 aromatic rings. The Labute approximate surface area is 133 Å². The Bertz CT molecular complexity index is 859. The van der Waals surface area contributed by atoms with Gasteiger partial charge in [-0.3, -0.25) is 14.2 Å². The van der Waals surface area contributed by atoms with E-state index in [0.29, 0.717) is 30.2 Å². The van der Waals surface area contributed by atoms with E-state index >= 15 is 0 Å². The highest BCUT2D eigenvalue weighted by atomic mass is 32.2. The molecular formula is C14H16N4O4S. The molecule has 0 bridgehead atoms. The number of likely N-dealkylation sites (N-methyl/N-ethyl adjacent to an activating group) is 1. The van der Waals surface area contributed by atoms with Crippen molar-refractivity contribution in [3.63, 3.8) is 0 Å². The number of hydrogen-bond acceptors (Lipinski definition) is 5. The number of hydrogen-bond donors (Lipinski definition) is 1. The van der Waals surface area contributed by atoms with Crippen molar-refractivity contribution < 1.29 is 17.9 Å². The molecule has 1 aromatic carbocycles. The highest BCUT2D eigenvalue weighted by Crippen LogP contribution is 2.27. The molecule has 0 spiro atoms. The quantitative estimate of drug-likeness (QED) is 0.890. The van der Waals surface area contributed by atoms with Gasteiger partial charge in [-0.05, 0) is 18.2 Å². The normalized spacial score (nSPS) is 14.9. The van der Waals surface area contributed by atoms with E-state index in [0.717, 1.165) is 0 Å². The van der Waals surface area contributed by atoms with Gasteiger partial charge < -0.3 is 9.64 Å². The van der Waals surface area contributed by atoms with Crippen molar-refractivity contribution in [2.45, 2.75) is 4.90 Å². The molecule has 2 heterocycles. The van der Waals surface area contributed by atoms with Crippen LogP contribution in [-0.4, -0.2) is 49.2 Å². The van der Waals surface area contributed by atoms with Gasteiger partial charge in [-0.15, -0.1) is 0 Å². The summed E-state index contributed by atoms with van der Waals surface area (Å²) >= 11 is 0. The first kappa shape index (κ1) is 15.3. The first-order chi connectivity index (χ1) is 10.9. The van der Waals surface area contributed by atoms with Crippen LogP contribution in [0.15, 0.2) is 35.5 Å². The zero-order valence-corrected chi connectivity index (χ0v) is 13.5. The summed E-state index contributed by atoms with van der Waals surface area (Å²) in [7, 11) is -0.452. The predicted octanol–water partition coefficient (Wildman–Crippen LogP) is 0.685. The van der Waals surface area contributed by atoms with E-state index in [1.54, 1.807) is 26.2 Å². The lowest BCUT2D eigenvalue weighted by Gasteiger charge is -2.13. The van der Waals surface area contributed by atoms with E-state index in [9.17, 15) is 13.2 Å². The van der Waals surface area contributed by atoms with Crippen molar-refractivity contribution in [3.05, 3.63) is 36.2 Å². The van der Waals surface area contributed by atoms with E-state index < -0.39 is 10.0 Å². The molecule has 1 amide bonds. The summed E-state index contributed by atoms with van der Waals surface area (Å²) in [6.45, 7) is 0.875. The van der Waals surface area contributed by atoms with Gasteiger partial charge >= 0.3 is 0 Å². The summed E-state index contributed by atoms with van der Waals surface area (Å²) in [5, 5.41) is 3.85. The van der Waals surface area contributed by atoms with Gasteiger partial charge in [0.15, 0.2) is 0 Å². The van der Waals surface area contributed by atoms with Crippen LogP contribution in [0, 0.1) is 0 Å². The lowest BCUT2D eigenvalue weighted by Crippen LogP contribution is -2.27. The van der Waals surface area contributed by atoms with Crippen molar-refractivity contribution in [1.29, 1.82) is 0 Å². The number of anilines is 1. The van der Waals surface area contributed by atoms with Crippen molar-refractivity contribution >= 4 is 21.6 Å². The maximum absolute atomic E-state index is 12.3. The molecule has 1 N–H and O–H groups in total. The largest absolute Gasteiger partial charge is 0.491 e. The van der Waals surface area contributed by atoms with E-state index in [1.807, 2.05) is 0 Å². The molecule has 1 aromatic heterocycles. The van der Waals surface area contributed by atoms with Crippen LogP contribution in [0.3, 0.4) is 0 Å². The molecule has 0 saturated carbocycles. The minimum absolute atomic E-state index is 0.0506. The molecule has 0 radical (unpaired) electrons. The van der Waals surface area contributed by atoms with E-state index in [-0.39, 0.29) is 10.8 Å². The molecule has 1 aliphatic heterocycles. The van der Waals surface area contributed by atoms with Crippen LogP contribution in [0.5, 0.6) is 5.75 Å². The van der Waals surface area contributed by atoms with Gasteiger partial charge in [-0.2, -0.15) is 5.10 Å². The fraction of sp³-hybridized carbons (Fsp3) is 0.286. The number of carbonyl (C=O) groups is 1. The summed E-state index contributed by atoms with van der Waals surface area (Å²) in [6, 6.07) is 4.63. The van der Waals surface area contributed by atoms with Gasteiger partial charge in [0.1, 0.15) is 17.3 Å². The maximum atomic E-state index is 12.3. The monoisotopic (exact) mass is 336 g/mol. The number of sulfonamides is 1. The van der Waals surface area contributed by atoms with Crippen LogP contribution in [0.4, 0.5) is 5.69 Å². The molecule has 122 valence electrons. The fourth-order valence-corrected chi connectivity index (χ4v) is 3.27. The second-order valence-corrected chi connectivity index (χ2v) is 6.92. The number of amides is 1. The molecule has 0 aliphatic carbocycles.